The van der Waals surface area contributed by atoms with Crippen molar-refractivity contribution in [3.8, 4) is 0 Å². The number of amides is 1. The molecule has 0 unspecified atom stereocenters. The Morgan fingerprint density at radius 3 is 2.44 bits per heavy atom. The van der Waals surface area contributed by atoms with Crippen LogP contribution < -0.4 is 5.32 Å². The lowest BCUT2D eigenvalue weighted by atomic mass is 10.0. The van der Waals surface area contributed by atoms with Crippen molar-refractivity contribution < 1.29 is 18.0 Å². The number of fused-ring (bicyclic) bond motifs is 1. The first-order valence-corrected chi connectivity index (χ1v) is 10.1. The Morgan fingerprint density at radius 1 is 1.09 bits per heavy atom. The van der Waals surface area contributed by atoms with Crippen molar-refractivity contribution in [3.05, 3.63) is 65.0 Å². The summed E-state index contributed by atoms with van der Waals surface area (Å²) in [5, 5.41) is 10.1. The molecule has 11 heteroatoms. The van der Waals surface area contributed by atoms with Gasteiger partial charge in [-0.2, -0.15) is 13.2 Å². The summed E-state index contributed by atoms with van der Waals surface area (Å²) in [5.41, 5.74) is 2.45. The van der Waals surface area contributed by atoms with Crippen molar-refractivity contribution >= 4 is 11.9 Å². The van der Waals surface area contributed by atoms with E-state index in [-0.39, 0.29) is 31.4 Å². The largest absolute Gasteiger partial charge is 0.451 e. The van der Waals surface area contributed by atoms with E-state index in [2.05, 4.69) is 25.5 Å². The lowest BCUT2D eigenvalue weighted by molar-refractivity contribution is -0.148. The van der Waals surface area contributed by atoms with Gasteiger partial charge in [0.05, 0.1) is 6.54 Å². The van der Waals surface area contributed by atoms with Gasteiger partial charge in [0, 0.05) is 30.9 Å². The topological polar surface area (TPSA) is 88.8 Å². The van der Waals surface area contributed by atoms with Crippen molar-refractivity contribution in [2.75, 3.05) is 11.9 Å². The van der Waals surface area contributed by atoms with E-state index in [4.69, 9.17) is 0 Å². The number of aryl methyl sites for hydroxylation is 2. The van der Waals surface area contributed by atoms with Crippen molar-refractivity contribution in [1.29, 1.82) is 0 Å². The minimum absolute atomic E-state index is 0.0268. The molecule has 1 aliphatic heterocycles. The number of alkyl halides is 3. The van der Waals surface area contributed by atoms with Crippen LogP contribution in [0.3, 0.4) is 0 Å². The zero-order chi connectivity index (χ0) is 22.9. The SMILES string of the molecule is Cc1cc(C)nc(N[C@H](Cc2ccccc2)C(=O)N2CCn3c(nnc3C(F)(F)F)C2)n1. The second kappa shape index (κ2) is 8.56. The van der Waals surface area contributed by atoms with Crippen LogP contribution in [0.2, 0.25) is 0 Å². The molecule has 0 aliphatic carbocycles. The average Bonchev–Trinajstić information content (AvgIpc) is 3.16. The van der Waals surface area contributed by atoms with Crippen LogP contribution >= 0.6 is 0 Å². The van der Waals surface area contributed by atoms with Crippen molar-refractivity contribution in [2.24, 2.45) is 0 Å². The molecule has 32 heavy (non-hydrogen) atoms. The molecule has 1 aliphatic rings. The Balaban J connectivity index is 1.58. The van der Waals surface area contributed by atoms with Crippen LogP contribution in [0.15, 0.2) is 36.4 Å². The number of carbonyl (C=O) groups excluding carboxylic acids is 1. The average molecular weight is 445 g/mol. The fourth-order valence-corrected chi connectivity index (χ4v) is 3.77. The Bertz CT molecular complexity index is 1090. The molecule has 8 nitrogen and oxygen atoms in total. The number of carbonyl (C=O) groups is 1. The monoisotopic (exact) mass is 445 g/mol. The molecule has 3 aromatic rings. The number of halogens is 3. The lowest BCUT2D eigenvalue weighted by Crippen LogP contribution is -2.47. The molecule has 1 amide bonds. The van der Waals surface area contributed by atoms with Gasteiger partial charge in [0.15, 0.2) is 5.82 Å². The standard InChI is InChI=1S/C21H22F3N7O/c1-13-10-14(2)26-20(25-13)27-16(11-15-6-4-3-5-7-15)18(32)30-8-9-31-17(12-30)28-29-19(31)21(22,23)24/h3-7,10,16H,8-9,11-12H2,1-2H3,(H,25,26,27)/t16-/m1/s1. The predicted octanol–water partition coefficient (Wildman–Crippen LogP) is 2.77. The third-order valence-corrected chi connectivity index (χ3v) is 5.18. The predicted molar refractivity (Wildman–Crippen MR) is 110 cm³/mol. The van der Waals surface area contributed by atoms with E-state index < -0.39 is 18.0 Å². The molecule has 0 saturated heterocycles. The zero-order valence-corrected chi connectivity index (χ0v) is 17.6. The molecule has 0 spiro atoms. The van der Waals surface area contributed by atoms with Gasteiger partial charge in [0.1, 0.15) is 6.04 Å². The number of hydrogen-bond acceptors (Lipinski definition) is 6. The summed E-state index contributed by atoms with van der Waals surface area (Å²) in [5.74, 6) is -0.865. The van der Waals surface area contributed by atoms with Gasteiger partial charge in [-0.15, -0.1) is 10.2 Å². The van der Waals surface area contributed by atoms with Crippen LogP contribution in [0.5, 0.6) is 0 Å². The minimum Gasteiger partial charge on any atom is -0.342 e. The first-order chi connectivity index (χ1) is 15.2. The van der Waals surface area contributed by atoms with Crippen molar-refractivity contribution in [2.45, 2.75) is 45.6 Å². The molecule has 1 N–H and O–H groups in total. The highest BCUT2D eigenvalue weighted by Crippen LogP contribution is 2.29. The zero-order valence-electron chi connectivity index (χ0n) is 17.6. The van der Waals surface area contributed by atoms with E-state index in [0.29, 0.717) is 12.4 Å². The molecule has 0 radical (unpaired) electrons. The van der Waals surface area contributed by atoms with E-state index in [1.54, 1.807) is 0 Å². The highest BCUT2D eigenvalue weighted by atomic mass is 19.4. The first kappa shape index (κ1) is 21.7. The quantitative estimate of drug-likeness (QED) is 0.650. The second-order valence-corrected chi connectivity index (χ2v) is 7.71. The fourth-order valence-electron chi connectivity index (χ4n) is 3.77. The molecule has 4 rings (SSSR count). The van der Waals surface area contributed by atoms with E-state index in [0.717, 1.165) is 21.5 Å². The highest BCUT2D eigenvalue weighted by molar-refractivity contribution is 5.84. The Labute approximate surface area is 182 Å². The van der Waals surface area contributed by atoms with Gasteiger partial charge in [-0.1, -0.05) is 30.3 Å². The van der Waals surface area contributed by atoms with E-state index in [1.807, 2.05) is 50.2 Å². The fraction of sp³-hybridized carbons (Fsp3) is 0.381. The van der Waals surface area contributed by atoms with Gasteiger partial charge in [-0.3, -0.25) is 4.79 Å². The summed E-state index contributed by atoms with van der Waals surface area (Å²) >= 11 is 0. The van der Waals surface area contributed by atoms with E-state index in [9.17, 15) is 18.0 Å². The Kier molecular flexibility index (Phi) is 5.81. The normalized spacial score (nSPS) is 14.7. The van der Waals surface area contributed by atoms with Gasteiger partial charge < -0.3 is 14.8 Å². The lowest BCUT2D eigenvalue weighted by Gasteiger charge is -2.31. The third-order valence-electron chi connectivity index (χ3n) is 5.18. The molecule has 0 bridgehead atoms. The number of nitrogens with zero attached hydrogens (tertiary/aromatic N) is 6. The van der Waals surface area contributed by atoms with Crippen LogP contribution in [0.4, 0.5) is 19.1 Å². The summed E-state index contributed by atoms with van der Waals surface area (Å²) in [6, 6.07) is 10.6. The maximum absolute atomic E-state index is 13.4. The van der Waals surface area contributed by atoms with Crippen molar-refractivity contribution in [1.82, 2.24) is 29.6 Å². The van der Waals surface area contributed by atoms with Crippen LogP contribution in [0, 0.1) is 13.8 Å². The number of rotatable bonds is 5. The molecular weight excluding hydrogens is 423 g/mol. The maximum Gasteiger partial charge on any atom is 0.451 e. The molecular formula is C21H22F3N7O. The van der Waals surface area contributed by atoms with Gasteiger partial charge in [-0.05, 0) is 25.5 Å². The van der Waals surface area contributed by atoms with E-state index in [1.165, 1.54) is 4.90 Å². The van der Waals surface area contributed by atoms with Gasteiger partial charge in [0.2, 0.25) is 17.7 Å². The maximum atomic E-state index is 13.4. The van der Waals surface area contributed by atoms with Crippen LogP contribution in [-0.4, -0.2) is 48.1 Å². The smallest absolute Gasteiger partial charge is 0.342 e. The van der Waals surface area contributed by atoms with Crippen LogP contribution in [0.1, 0.15) is 28.6 Å². The van der Waals surface area contributed by atoms with Crippen LogP contribution in [-0.2, 0) is 30.5 Å². The Morgan fingerprint density at radius 2 is 1.78 bits per heavy atom. The number of nitrogens with one attached hydrogen (secondary N) is 1. The minimum atomic E-state index is -4.59. The molecule has 0 fully saturated rings. The number of hydrogen-bond donors (Lipinski definition) is 1. The van der Waals surface area contributed by atoms with Gasteiger partial charge in [0.25, 0.3) is 0 Å². The summed E-state index contributed by atoms with van der Waals surface area (Å²) in [6.45, 7) is 3.71. The summed E-state index contributed by atoms with van der Waals surface area (Å²) in [6.07, 6.45) is -4.22. The first-order valence-electron chi connectivity index (χ1n) is 10.1. The van der Waals surface area contributed by atoms with E-state index >= 15 is 0 Å². The molecule has 0 saturated carbocycles. The summed E-state index contributed by atoms with van der Waals surface area (Å²) < 4.78 is 40.4. The van der Waals surface area contributed by atoms with Crippen LogP contribution in [0.25, 0.3) is 0 Å². The third kappa shape index (κ3) is 4.71. The molecule has 2 aromatic heterocycles. The van der Waals surface area contributed by atoms with Gasteiger partial charge >= 0.3 is 6.18 Å². The molecule has 3 heterocycles. The summed E-state index contributed by atoms with van der Waals surface area (Å²) in [4.78, 5) is 23.6. The van der Waals surface area contributed by atoms with Gasteiger partial charge in [-0.25, -0.2) is 9.97 Å². The van der Waals surface area contributed by atoms with Crippen molar-refractivity contribution in [3.63, 3.8) is 0 Å². The number of aromatic nitrogens is 5. The molecule has 1 aromatic carbocycles. The molecule has 168 valence electrons. The highest BCUT2D eigenvalue weighted by Gasteiger charge is 2.40. The second-order valence-electron chi connectivity index (χ2n) is 7.71. The number of anilines is 1. The molecule has 1 atom stereocenters. The summed E-state index contributed by atoms with van der Waals surface area (Å²) in [7, 11) is 0. The Hall–Kier alpha value is -3.50. The number of benzene rings is 1.